The van der Waals surface area contributed by atoms with Gasteiger partial charge in [0.2, 0.25) is 5.82 Å². The first-order valence-electron chi connectivity index (χ1n) is 7.79. The van der Waals surface area contributed by atoms with E-state index in [1.54, 1.807) is 24.3 Å². The number of ether oxygens (including phenoxy) is 1. The van der Waals surface area contributed by atoms with E-state index in [1.165, 1.54) is 6.07 Å². The van der Waals surface area contributed by atoms with Crippen molar-refractivity contribution in [2.45, 2.75) is 6.61 Å². The average Bonchev–Trinajstić information content (AvgIpc) is 3.15. The maximum Gasteiger partial charge on any atom is 0.351 e. The second-order valence-electron chi connectivity index (χ2n) is 5.44. The number of aromatic nitrogens is 2. The average molecular weight is 348 g/mol. The molecule has 0 radical (unpaired) electrons. The summed E-state index contributed by atoms with van der Waals surface area (Å²) in [6.45, 7) is -0.245. The molecule has 0 aliphatic carbocycles. The summed E-state index contributed by atoms with van der Waals surface area (Å²) in [5, 5.41) is 4.47. The zero-order valence-electron chi connectivity index (χ0n) is 13.4. The van der Waals surface area contributed by atoms with Gasteiger partial charge in [-0.25, -0.2) is 9.59 Å². The predicted octanol–water partition coefficient (Wildman–Crippen LogP) is 3.20. The lowest BCUT2D eigenvalue weighted by molar-refractivity contribution is 0.0425. The number of hydrogen-bond acceptors (Lipinski definition) is 7. The minimum absolute atomic E-state index is 0.127. The molecule has 7 nitrogen and oxygen atoms in total. The van der Waals surface area contributed by atoms with Gasteiger partial charge in [0.05, 0.1) is 0 Å². The fourth-order valence-electron chi connectivity index (χ4n) is 2.43. The Balaban J connectivity index is 1.50. The molecule has 0 saturated heterocycles. The van der Waals surface area contributed by atoms with Crippen LogP contribution in [0.3, 0.4) is 0 Å². The molecule has 26 heavy (non-hydrogen) atoms. The number of fused-ring (bicyclic) bond motifs is 1. The third kappa shape index (κ3) is 3.10. The van der Waals surface area contributed by atoms with E-state index in [9.17, 15) is 9.59 Å². The molecule has 7 heteroatoms. The minimum Gasteiger partial charge on any atom is -0.452 e. The predicted molar refractivity (Wildman–Crippen MR) is 91.3 cm³/mol. The van der Waals surface area contributed by atoms with Crippen molar-refractivity contribution in [1.29, 1.82) is 0 Å². The van der Waals surface area contributed by atoms with Gasteiger partial charge in [0.25, 0.3) is 5.89 Å². The van der Waals surface area contributed by atoms with Gasteiger partial charge in [-0.1, -0.05) is 53.7 Å². The number of carbonyl (C=O) groups is 1. The van der Waals surface area contributed by atoms with Gasteiger partial charge in [0.15, 0.2) is 6.61 Å². The van der Waals surface area contributed by atoms with E-state index in [2.05, 4.69) is 10.1 Å². The number of esters is 1. The number of hydrogen-bond donors (Lipinski definition) is 0. The van der Waals surface area contributed by atoms with Crippen molar-refractivity contribution in [3.8, 4) is 11.4 Å². The van der Waals surface area contributed by atoms with Crippen LogP contribution >= 0.6 is 0 Å². The lowest BCUT2D eigenvalue weighted by atomic mass is 10.2. The van der Waals surface area contributed by atoms with E-state index in [0.29, 0.717) is 16.8 Å². The second-order valence-corrected chi connectivity index (χ2v) is 5.44. The van der Waals surface area contributed by atoms with Gasteiger partial charge < -0.3 is 13.7 Å². The molecular formula is C19H12N2O5. The molecule has 0 amide bonds. The number of rotatable bonds is 4. The highest BCUT2D eigenvalue weighted by Gasteiger charge is 2.17. The summed E-state index contributed by atoms with van der Waals surface area (Å²) < 4.78 is 15.3. The van der Waals surface area contributed by atoms with Crippen molar-refractivity contribution in [2.75, 3.05) is 0 Å². The molecule has 128 valence electrons. The van der Waals surface area contributed by atoms with Crippen LogP contribution in [0.25, 0.3) is 22.4 Å². The number of carbonyl (C=O) groups excluding carboxylic acids is 1. The third-order valence-corrected chi connectivity index (χ3v) is 3.69. The first kappa shape index (κ1) is 15.8. The summed E-state index contributed by atoms with van der Waals surface area (Å²) >= 11 is 0. The Bertz CT molecular complexity index is 1130. The molecule has 4 rings (SSSR count). The summed E-state index contributed by atoms with van der Waals surface area (Å²) in [6.07, 6.45) is 0. The quantitative estimate of drug-likeness (QED) is 0.413. The molecule has 0 fully saturated rings. The molecule has 2 aromatic carbocycles. The molecule has 0 aliphatic heterocycles. The fourth-order valence-corrected chi connectivity index (χ4v) is 2.43. The Morgan fingerprint density at radius 1 is 1.04 bits per heavy atom. The first-order chi connectivity index (χ1) is 12.7. The molecule has 0 unspecified atom stereocenters. The SMILES string of the molecule is O=C(OCc1nc(-c2ccccc2)no1)c1cc2ccccc2oc1=O. The molecule has 2 heterocycles. The Morgan fingerprint density at radius 2 is 1.81 bits per heavy atom. The van der Waals surface area contributed by atoms with Crippen molar-refractivity contribution in [3.05, 3.63) is 82.5 Å². The summed E-state index contributed by atoms with van der Waals surface area (Å²) in [5.41, 5.74) is 0.234. The van der Waals surface area contributed by atoms with E-state index in [-0.39, 0.29) is 18.1 Å². The number of para-hydroxylation sites is 1. The number of nitrogens with zero attached hydrogens (tertiary/aromatic N) is 2. The molecule has 2 aromatic heterocycles. The maximum atomic E-state index is 12.2. The highest BCUT2D eigenvalue weighted by Crippen LogP contribution is 2.16. The third-order valence-electron chi connectivity index (χ3n) is 3.69. The Hall–Kier alpha value is -3.74. The Labute approximate surface area is 146 Å². The van der Waals surface area contributed by atoms with Gasteiger partial charge in [-0.15, -0.1) is 0 Å². The molecular weight excluding hydrogens is 336 g/mol. The van der Waals surface area contributed by atoms with Gasteiger partial charge in [-0.3, -0.25) is 0 Å². The second kappa shape index (κ2) is 6.64. The summed E-state index contributed by atoms with van der Waals surface area (Å²) in [5.74, 6) is -0.298. The largest absolute Gasteiger partial charge is 0.452 e. The lowest BCUT2D eigenvalue weighted by Crippen LogP contribution is -2.16. The van der Waals surface area contributed by atoms with E-state index >= 15 is 0 Å². The van der Waals surface area contributed by atoms with Crippen molar-refractivity contribution in [3.63, 3.8) is 0 Å². The maximum absolute atomic E-state index is 12.2. The van der Waals surface area contributed by atoms with Crippen LogP contribution in [0.5, 0.6) is 0 Å². The Kier molecular flexibility index (Phi) is 4.03. The summed E-state index contributed by atoms with van der Waals surface area (Å²) in [7, 11) is 0. The van der Waals surface area contributed by atoms with Gasteiger partial charge in [0, 0.05) is 10.9 Å². The summed E-state index contributed by atoms with van der Waals surface area (Å²) in [6, 6.07) is 17.6. The highest BCUT2D eigenvalue weighted by molar-refractivity contribution is 5.92. The smallest absolute Gasteiger partial charge is 0.351 e. The van der Waals surface area contributed by atoms with E-state index in [0.717, 1.165) is 5.56 Å². The van der Waals surface area contributed by atoms with Crippen LogP contribution in [0.4, 0.5) is 0 Å². The number of benzene rings is 2. The monoisotopic (exact) mass is 348 g/mol. The van der Waals surface area contributed by atoms with Crippen molar-refractivity contribution in [1.82, 2.24) is 10.1 Å². The molecule has 0 spiro atoms. The van der Waals surface area contributed by atoms with Crippen LogP contribution in [-0.2, 0) is 11.3 Å². The first-order valence-corrected chi connectivity index (χ1v) is 7.79. The molecule has 0 atom stereocenters. The van der Waals surface area contributed by atoms with E-state index in [1.807, 2.05) is 30.3 Å². The standard InChI is InChI=1S/C19H12N2O5/c22-18(14-10-13-8-4-5-9-15(13)25-19(14)23)24-11-16-20-17(21-26-16)12-6-2-1-3-7-12/h1-10H,11H2. The van der Waals surface area contributed by atoms with Crippen molar-refractivity contribution >= 4 is 16.9 Å². The van der Waals surface area contributed by atoms with Gasteiger partial charge in [0.1, 0.15) is 11.1 Å². The zero-order valence-corrected chi connectivity index (χ0v) is 13.4. The van der Waals surface area contributed by atoms with Gasteiger partial charge in [-0.2, -0.15) is 4.98 Å². The minimum atomic E-state index is -0.816. The van der Waals surface area contributed by atoms with Crippen LogP contribution in [0, 0.1) is 0 Å². The summed E-state index contributed by atoms with van der Waals surface area (Å²) in [4.78, 5) is 28.3. The topological polar surface area (TPSA) is 95.4 Å². The van der Waals surface area contributed by atoms with Gasteiger partial charge >= 0.3 is 11.6 Å². The van der Waals surface area contributed by atoms with Crippen LogP contribution in [-0.4, -0.2) is 16.1 Å². The molecule has 0 N–H and O–H groups in total. The fraction of sp³-hybridized carbons (Fsp3) is 0.0526. The molecule has 0 saturated carbocycles. The van der Waals surface area contributed by atoms with Crippen molar-refractivity contribution < 1.29 is 18.5 Å². The normalized spacial score (nSPS) is 10.8. The van der Waals surface area contributed by atoms with Crippen LogP contribution in [0.15, 0.2) is 74.4 Å². The van der Waals surface area contributed by atoms with Crippen LogP contribution < -0.4 is 5.63 Å². The van der Waals surface area contributed by atoms with Crippen LogP contribution in [0.1, 0.15) is 16.2 Å². The molecule has 4 aromatic rings. The van der Waals surface area contributed by atoms with Gasteiger partial charge in [-0.05, 0) is 12.1 Å². The highest BCUT2D eigenvalue weighted by atomic mass is 16.6. The van der Waals surface area contributed by atoms with Crippen molar-refractivity contribution in [2.24, 2.45) is 0 Å². The van der Waals surface area contributed by atoms with Crippen LogP contribution in [0.2, 0.25) is 0 Å². The Morgan fingerprint density at radius 3 is 2.65 bits per heavy atom. The molecule has 0 aliphatic rings. The zero-order chi connectivity index (χ0) is 17.9. The van der Waals surface area contributed by atoms with E-state index in [4.69, 9.17) is 13.7 Å². The molecule has 0 bridgehead atoms. The van der Waals surface area contributed by atoms with E-state index < -0.39 is 11.6 Å². The lowest BCUT2D eigenvalue weighted by Gasteiger charge is -2.02.